The Labute approximate surface area is 162 Å². The number of hydrogen-bond donors (Lipinski definition) is 1. The van der Waals surface area contributed by atoms with Gasteiger partial charge >= 0.3 is 0 Å². The van der Waals surface area contributed by atoms with Crippen LogP contribution in [-0.2, 0) is 4.79 Å². The molecule has 2 aliphatic rings. The van der Waals surface area contributed by atoms with E-state index in [1.807, 2.05) is 18.2 Å². The maximum Gasteiger partial charge on any atom is 0.272 e. The highest BCUT2D eigenvalue weighted by atomic mass is 16.6. The van der Waals surface area contributed by atoms with Crippen LogP contribution in [0.3, 0.4) is 0 Å². The quantitative estimate of drug-likeness (QED) is 0.793. The number of hydrogen-bond acceptors (Lipinski definition) is 7. The SMILES string of the molecule is Cc1nc(Nc2ccc3c(c2)OCCO3)cc(C(=O)N2CCN(C=O)CC2)n1. The summed E-state index contributed by atoms with van der Waals surface area (Å²) in [5.74, 6) is 2.24. The minimum atomic E-state index is -0.165. The lowest BCUT2D eigenvalue weighted by Crippen LogP contribution is -2.48. The van der Waals surface area contributed by atoms with Crippen LogP contribution in [0.5, 0.6) is 11.5 Å². The standard InChI is InChI=1S/C19H21N5O4/c1-13-20-15(19(26)24-6-4-23(12-25)5-7-24)11-18(21-13)22-14-2-3-16-17(10-14)28-9-8-27-16/h2-3,10-12H,4-9H2,1H3,(H,20,21,22). The predicted molar refractivity (Wildman–Crippen MR) is 101 cm³/mol. The van der Waals surface area contributed by atoms with Gasteiger partial charge in [-0.05, 0) is 19.1 Å². The summed E-state index contributed by atoms with van der Waals surface area (Å²) in [6.45, 7) is 4.84. The molecule has 0 saturated carbocycles. The normalized spacial score (nSPS) is 15.9. The molecule has 0 atom stereocenters. The highest BCUT2D eigenvalue weighted by molar-refractivity contribution is 5.93. The molecule has 9 heteroatoms. The molecule has 2 aliphatic heterocycles. The number of nitrogens with one attached hydrogen (secondary N) is 1. The first-order valence-electron chi connectivity index (χ1n) is 9.13. The lowest BCUT2D eigenvalue weighted by atomic mass is 10.2. The van der Waals surface area contributed by atoms with Crippen LogP contribution >= 0.6 is 0 Å². The van der Waals surface area contributed by atoms with Gasteiger partial charge in [0.1, 0.15) is 30.5 Å². The summed E-state index contributed by atoms with van der Waals surface area (Å²) < 4.78 is 11.1. The van der Waals surface area contributed by atoms with Gasteiger partial charge in [-0.2, -0.15) is 0 Å². The van der Waals surface area contributed by atoms with E-state index in [4.69, 9.17) is 9.47 Å². The minimum absolute atomic E-state index is 0.165. The number of carbonyl (C=O) groups is 2. The fraction of sp³-hybridized carbons (Fsp3) is 0.368. The van der Waals surface area contributed by atoms with Gasteiger partial charge in [0.2, 0.25) is 6.41 Å². The Balaban J connectivity index is 1.51. The highest BCUT2D eigenvalue weighted by Gasteiger charge is 2.23. The average Bonchev–Trinajstić information content (AvgIpc) is 2.73. The first kappa shape index (κ1) is 18.0. The number of aryl methyl sites for hydroxylation is 1. The van der Waals surface area contributed by atoms with E-state index in [-0.39, 0.29) is 5.91 Å². The summed E-state index contributed by atoms with van der Waals surface area (Å²) in [5, 5.41) is 3.20. The molecule has 28 heavy (non-hydrogen) atoms. The second-order valence-electron chi connectivity index (χ2n) is 6.60. The fourth-order valence-corrected chi connectivity index (χ4v) is 3.20. The van der Waals surface area contributed by atoms with E-state index in [2.05, 4.69) is 15.3 Å². The molecule has 9 nitrogen and oxygen atoms in total. The maximum absolute atomic E-state index is 12.8. The molecule has 2 aromatic rings. The molecule has 1 N–H and O–H groups in total. The van der Waals surface area contributed by atoms with Crippen LogP contribution in [0.2, 0.25) is 0 Å². The summed E-state index contributed by atoms with van der Waals surface area (Å²) in [6.07, 6.45) is 0.812. The maximum atomic E-state index is 12.8. The van der Waals surface area contributed by atoms with Crippen molar-refractivity contribution in [3.05, 3.63) is 35.8 Å². The molecule has 146 valence electrons. The van der Waals surface area contributed by atoms with Crippen LogP contribution in [0, 0.1) is 6.92 Å². The van der Waals surface area contributed by atoms with Crippen molar-refractivity contribution in [1.29, 1.82) is 0 Å². The third-order valence-corrected chi connectivity index (χ3v) is 4.62. The topological polar surface area (TPSA) is 96.9 Å². The van der Waals surface area contributed by atoms with Crippen LogP contribution in [-0.4, -0.2) is 71.5 Å². The van der Waals surface area contributed by atoms with Crippen molar-refractivity contribution in [3.8, 4) is 11.5 Å². The first-order chi connectivity index (χ1) is 13.6. The van der Waals surface area contributed by atoms with Gasteiger partial charge in [-0.15, -0.1) is 0 Å². The smallest absolute Gasteiger partial charge is 0.272 e. The van der Waals surface area contributed by atoms with Crippen molar-refractivity contribution in [3.63, 3.8) is 0 Å². The zero-order valence-corrected chi connectivity index (χ0v) is 15.6. The number of amides is 2. The Hall–Kier alpha value is -3.36. The van der Waals surface area contributed by atoms with Crippen molar-refractivity contribution in [2.24, 2.45) is 0 Å². The molecular formula is C19H21N5O4. The van der Waals surface area contributed by atoms with Gasteiger partial charge in [-0.3, -0.25) is 9.59 Å². The van der Waals surface area contributed by atoms with E-state index >= 15 is 0 Å². The minimum Gasteiger partial charge on any atom is -0.486 e. The number of aromatic nitrogens is 2. The molecule has 0 radical (unpaired) electrons. The fourth-order valence-electron chi connectivity index (χ4n) is 3.20. The second-order valence-corrected chi connectivity index (χ2v) is 6.60. The van der Waals surface area contributed by atoms with E-state index < -0.39 is 0 Å². The van der Waals surface area contributed by atoms with Crippen molar-refractivity contribution in [2.45, 2.75) is 6.92 Å². The van der Waals surface area contributed by atoms with Gasteiger partial charge in [0.05, 0.1) is 0 Å². The summed E-state index contributed by atoms with van der Waals surface area (Å²) in [4.78, 5) is 35.7. The number of piperazine rings is 1. The first-order valence-corrected chi connectivity index (χ1v) is 9.13. The van der Waals surface area contributed by atoms with Crippen molar-refractivity contribution in [1.82, 2.24) is 19.8 Å². The largest absolute Gasteiger partial charge is 0.486 e. The Kier molecular flexibility index (Phi) is 4.96. The molecule has 1 aromatic heterocycles. The van der Waals surface area contributed by atoms with E-state index in [1.165, 1.54) is 0 Å². The highest BCUT2D eigenvalue weighted by Crippen LogP contribution is 2.33. The summed E-state index contributed by atoms with van der Waals surface area (Å²) in [5.41, 5.74) is 1.10. The number of nitrogens with zero attached hydrogens (tertiary/aromatic N) is 4. The van der Waals surface area contributed by atoms with Crippen molar-refractivity contribution < 1.29 is 19.1 Å². The molecular weight excluding hydrogens is 362 g/mol. The van der Waals surface area contributed by atoms with Crippen molar-refractivity contribution in [2.75, 3.05) is 44.7 Å². The Morgan fingerprint density at radius 2 is 1.82 bits per heavy atom. The van der Waals surface area contributed by atoms with Gasteiger partial charge in [-0.1, -0.05) is 0 Å². The Morgan fingerprint density at radius 3 is 2.57 bits per heavy atom. The molecule has 1 aromatic carbocycles. The lowest BCUT2D eigenvalue weighted by molar-refractivity contribution is -0.119. The molecule has 0 aliphatic carbocycles. The zero-order chi connectivity index (χ0) is 19.5. The number of carbonyl (C=O) groups excluding carboxylic acids is 2. The third kappa shape index (κ3) is 3.83. The number of anilines is 2. The van der Waals surface area contributed by atoms with E-state index in [0.717, 1.165) is 12.1 Å². The predicted octanol–water partition coefficient (Wildman–Crippen LogP) is 1.21. The van der Waals surface area contributed by atoms with Gasteiger partial charge in [0.25, 0.3) is 5.91 Å². The van der Waals surface area contributed by atoms with Crippen LogP contribution in [0.1, 0.15) is 16.3 Å². The molecule has 0 spiro atoms. The average molecular weight is 383 g/mol. The Morgan fingerprint density at radius 1 is 1.07 bits per heavy atom. The van der Waals surface area contributed by atoms with Gasteiger partial charge in [0, 0.05) is 44.0 Å². The molecule has 0 bridgehead atoms. The van der Waals surface area contributed by atoms with E-state index in [1.54, 1.807) is 22.8 Å². The molecule has 1 fully saturated rings. The summed E-state index contributed by atoms with van der Waals surface area (Å²) in [6, 6.07) is 7.18. The second kappa shape index (κ2) is 7.71. The summed E-state index contributed by atoms with van der Waals surface area (Å²) in [7, 11) is 0. The van der Waals surface area contributed by atoms with Crippen LogP contribution in [0.25, 0.3) is 0 Å². The number of ether oxygens (including phenoxy) is 2. The molecule has 0 unspecified atom stereocenters. The number of benzene rings is 1. The van der Waals surface area contributed by atoms with Gasteiger partial charge in [-0.25, -0.2) is 9.97 Å². The molecule has 1 saturated heterocycles. The van der Waals surface area contributed by atoms with Gasteiger partial charge < -0.3 is 24.6 Å². The van der Waals surface area contributed by atoms with Crippen molar-refractivity contribution >= 4 is 23.8 Å². The van der Waals surface area contributed by atoms with Crippen LogP contribution in [0.4, 0.5) is 11.5 Å². The van der Waals surface area contributed by atoms with Crippen LogP contribution in [0.15, 0.2) is 24.3 Å². The lowest BCUT2D eigenvalue weighted by Gasteiger charge is -2.32. The van der Waals surface area contributed by atoms with E-state index in [9.17, 15) is 9.59 Å². The third-order valence-electron chi connectivity index (χ3n) is 4.62. The Bertz CT molecular complexity index is 896. The zero-order valence-electron chi connectivity index (χ0n) is 15.6. The number of fused-ring (bicyclic) bond motifs is 1. The molecule has 4 rings (SSSR count). The molecule has 3 heterocycles. The monoisotopic (exact) mass is 383 g/mol. The molecule has 2 amide bonds. The summed E-state index contributed by atoms with van der Waals surface area (Å²) >= 11 is 0. The van der Waals surface area contributed by atoms with Crippen LogP contribution < -0.4 is 14.8 Å². The van der Waals surface area contributed by atoms with E-state index in [0.29, 0.717) is 68.2 Å². The van der Waals surface area contributed by atoms with Gasteiger partial charge in [0.15, 0.2) is 11.5 Å². The number of rotatable bonds is 4.